The summed E-state index contributed by atoms with van der Waals surface area (Å²) in [5.41, 5.74) is 2.56. The maximum Gasteiger partial charge on any atom is 0.251 e. The fourth-order valence-electron chi connectivity index (χ4n) is 2.61. The van der Waals surface area contributed by atoms with Crippen LogP contribution in [0.2, 0.25) is 0 Å². The molecule has 0 fully saturated rings. The van der Waals surface area contributed by atoms with Gasteiger partial charge < -0.3 is 19.5 Å². The molecule has 2 rings (SSSR count). The summed E-state index contributed by atoms with van der Waals surface area (Å²) >= 11 is 0. The number of methoxy groups -OCH3 is 3. The fraction of sp³-hybridized carbons (Fsp3) is 0.316. The number of rotatable bonds is 7. The molecule has 0 unspecified atom stereocenters. The van der Waals surface area contributed by atoms with Gasteiger partial charge in [0.05, 0.1) is 21.3 Å². The van der Waals surface area contributed by atoms with Gasteiger partial charge in [0.15, 0.2) is 0 Å². The number of hydrogen-bond acceptors (Lipinski definition) is 4. The van der Waals surface area contributed by atoms with E-state index in [-0.39, 0.29) is 5.91 Å². The van der Waals surface area contributed by atoms with Crippen LogP contribution in [0.15, 0.2) is 36.4 Å². The van der Waals surface area contributed by atoms with Crippen LogP contribution in [-0.4, -0.2) is 33.8 Å². The van der Waals surface area contributed by atoms with Crippen LogP contribution in [0.3, 0.4) is 0 Å². The van der Waals surface area contributed by atoms with Crippen LogP contribution < -0.4 is 19.5 Å². The zero-order valence-corrected chi connectivity index (χ0v) is 14.5. The van der Waals surface area contributed by atoms with Crippen LogP contribution in [0.1, 0.15) is 21.5 Å². The summed E-state index contributed by atoms with van der Waals surface area (Å²) in [4.78, 5) is 12.2. The van der Waals surface area contributed by atoms with Gasteiger partial charge >= 0.3 is 0 Å². The Bertz CT molecular complexity index is 713. The molecule has 0 aromatic heterocycles. The van der Waals surface area contributed by atoms with Crippen LogP contribution in [0.25, 0.3) is 0 Å². The van der Waals surface area contributed by atoms with E-state index in [1.165, 1.54) is 0 Å². The molecule has 0 aliphatic rings. The predicted molar refractivity (Wildman–Crippen MR) is 93.3 cm³/mol. The number of carbonyl (C=O) groups excluding carboxylic acids is 1. The largest absolute Gasteiger partial charge is 0.497 e. The van der Waals surface area contributed by atoms with Crippen LogP contribution in [0, 0.1) is 6.92 Å². The molecular weight excluding hydrogens is 306 g/mol. The number of carbonyl (C=O) groups is 1. The van der Waals surface area contributed by atoms with E-state index in [0.29, 0.717) is 24.3 Å². The molecule has 0 heterocycles. The Labute approximate surface area is 142 Å². The Balaban J connectivity index is 2.01. The third-order valence-electron chi connectivity index (χ3n) is 3.87. The third-order valence-corrected chi connectivity index (χ3v) is 3.87. The van der Waals surface area contributed by atoms with Crippen molar-refractivity contribution in [2.75, 3.05) is 27.9 Å². The van der Waals surface area contributed by atoms with Crippen molar-refractivity contribution in [1.29, 1.82) is 0 Å². The Morgan fingerprint density at radius 3 is 2.50 bits per heavy atom. The van der Waals surface area contributed by atoms with Crippen molar-refractivity contribution in [1.82, 2.24) is 5.32 Å². The average Bonchev–Trinajstić information content (AvgIpc) is 2.62. The lowest BCUT2D eigenvalue weighted by Gasteiger charge is -2.14. The van der Waals surface area contributed by atoms with E-state index in [9.17, 15) is 4.79 Å². The third kappa shape index (κ3) is 3.98. The Hall–Kier alpha value is -2.69. The molecule has 5 heteroatoms. The van der Waals surface area contributed by atoms with Gasteiger partial charge in [0.25, 0.3) is 5.91 Å². The van der Waals surface area contributed by atoms with E-state index in [0.717, 1.165) is 22.6 Å². The second kappa shape index (κ2) is 8.24. The molecule has 0 radical (unpaired) electrons. The van der Waals surface area contributed by atoms with Crippen molar-refractivity contribution in [3.05, 3.63) is 53.1 Å². The average molecular weight is 329 g/mol. The van der Waals surface area contributed by atoms with E-state index >= 15 is 0 Å². The van der Waals surface area contributed by atoms with Gasteiger partial charge in [-0.05, 0) is 43.2 Å². The maximum absolute atomic E-state index is 12.2. The molecule has 0 atom stereocenters. The highest BCUT2D eigenvalue weighted by Gasteiger charge is 2.12. The molecule has 0 aliphatic heterocycles. The summed E-state index contributed by atoms with van der Waals surface area (Å²) in [7, 11) is 4.85. The molecule has 1 N–H and O–H groups in total. The van der Waals surface area contributed by atoms with Crippen molar-refractivity contribution in [3.8, 4) is 17.2 Å². The van der Waals surface area contributed by atoms with Crippen LogP contribution in [-0.2, 0) is 6.42 Å². The normalized spacial score (nSPS) is 10.2. The lowest BCUT2D eigenvalue weighted by molar-refractivity contribution is 0.0953. The quantitative estimate of drug-likeness (QED) is 0.848. The Morgan fingerprint density at radius 2 is 1.83 bits per heavy atom. The minimum atomic E-state index is -0.127. The van der Waals surface area contributed by atoms with Crippen LogP contribution in [0.5, 0.6) is 17.2 Å². The minimum absolute atomic E-state index is 0.127. The molecule has 128 valence electrons. The second-order valence-corrected chi connectivity index (χ2v) is 5.32. The first kappa shape index (κ1) is 17.7. The Morgan fingerprint density at radius 1 is 1.04 bits per heavy atom. The molecule has 2 aromatic carbocycles. The minimum Gasteiger partial charge on any atom is -0.497 e. The van der Waals surface area contributed by atoms with E-state index in [1.807, 2.05) is 25.1 Å². The SMILES string of the molecule is COc1cccc(C(=O)NCCc2ccc(OC)c(C)c2OC)c1. The first-order valence-electron chi connectivity index (χ1n) is 7.73. The zero-order valence-electron chi connectivity index (χ0n) is 14.5. The highest BCUT2D eigenvalue weighted by molar-refractivity contribution is 5.94. The van der Waals surface area contributed by atoms with Gasteiger partial charge in [-0.3, -0.25) is 4.79 Å². The van der Waals surface area contributed by atoms with E-state index < -0.39 is 0 Å². The van der Waals surface area contributed by atoms with Crippen LogP contribution in [0.4, 0.5) is 0 Å². The monoisotopic (exact) mass is 329 g/mol. The molecule has 0 spiro atoms. The van der Waals surface area contributed by atoms with Gasteiger partial charge in [0.2, 0.25) is 0 Å². The molecule has 2 aromatic rings. The fourth-order valence-corrected chi connectivity index (χ4v) is 2.61. The molecule has 0 aliphatic carbocycles. The summed E-state index contributed by atoms with van der Waals surface area (Å²) in [5.74, 6) is 2.12. The highest BCUT2D eigenvalue weighted by Crippen LogP contribution is 2.31. The summed E-state index contributed by atoms with van der Waals surface area (Å²) in [5, 5.41) is 2.92. The number of ether oxygens (including phenoxy) is 3. The van der Waals surface area contributed by atoms with Crippen molar-refractivity contribution in [2.24, 2.45) is 0 Å². The first-order chi connectivity index (χ1) is 11.6. The van der Waals surface area contributed by atoms with Gasteiger partial charge in [-0.2, -0.15) is 0 Å². The molecule has 24 heavy (non-hydrogen) atoms. The van der Waals surface area contributed by atoms with Crippen molar-refractivity contribution in [2.45, 2.75) is 13.3 Å². The number of amides is 1. The van der Waals surface area contributed by atoms with Gasteiger partial charge in [-0.15, -0.1) is 0 Å². The maximum atomic E-state index is 12.2. The van der Waals surface area contributed by atoms with Crippen LogP contribution >= 0.6 is 0 Å². The van der Waals surface area contributed by atoms with E-state index in [2.05, 4.69) is 5.32 Å². The topological polar surface area (TPSA) is 56.8 Å². The van der Waals surface area contributed by atoms with Gasteiger partial charge in [0, 0.05) is 17.7 Å². The summed E-state index contributed by atoms with van der Waals surface area (Å²) in [6.07, 6.45) is 0.670. The molecular formula is C19H23NO4. The molecule has 0 saturated carbocycles. The van der Waals surface area contributed by atoms with Crippen molar-refractivity contribution < 1.29 is 19.0 Å². The van der Waals surface area contributed by atoms with Crippen molar-refractivity contribution in [3.63, 3.8) is 0 Å². The van der Waals surface area contributed by atoms with E-state index in [1.54, 1.807) is 39.5 Å². The highest BCUT2D eigenvalue weighted by atomic mass is 16.5. The molecule has 1 amide bonds. The Kier molecular flexibility index (Phi) is 6.07. The second-order valence-electron chi connectivity index (χ2n) is 5.32. The van der Waals surface area contributed by atoms with E-state index in [4.69, 9.17) is 14.2 Å². The summed E-state index contributed by atoms with van der Waals surface area (Å²) in [6, 6.07) is 11.0. The smallest absolute Gasteiger partial charge is 0.251 e. The lowest BCUT2D eigenvalue weighted by atomic mass is 10.1. The number of hydrogen-bond donors (Lipinski definition) is 1. The zero-order chi connectivity index (χ0) is 17.5. The first-order valence-corrected chi connectivity index (χ1v) is 7.73. The van der Waals surface area contributed by atoms with Gasteiger partial charge in [-0.1, -0.05) is 12.1 Å². The molecule has 5 nitrogen and oxygen atoms in total. The summed E-state index contributed by atoms with van der Waals surface area (Å²) in [6.45, 7) is 2.47. The molecule has 0 bridgehead atoms. The standard InChI is InChI=1S/C19H23NO4/c1-13-17(23-3)9-8-14(18(13)24-4)10-11-20-19(21)15-6-5-7-16(12-15)22-2/h5-9,12H,10-11H2,1-4H3,(H,20,21). The van der Waals surface area contributed by atoms with Gasteiger partial charge in [0.1, 0.15) is 17.2 Å². The lowest BCUT2D eigenvalue weighted by Crippen LogP contribution is -2.25. The van der Waals surface area contributed by atoms with Crippen molar-refractivity contribution >= 4 is 5.91 Å². The predicted octanol–water partition coefficient (Wildman–Crippen LogP) is 2.99. The molecule has 0 saturated heterocycles. The van der Waals surface area contributed by atoms with Gasteiger partial charge in [-0.25, -0.2) is 0 Å². The summed E-state index contributed by atoms with van der Waals surface area (Å²) < 4.78 is 15.9. The number of nitrogens with one attached hydrogen (secondary N) is 1. The number of benzene rings is 2.